The number of hydrogen-bond donors (Lipinski definition) is 1. The first kappa shape index (κ1) is 27.2. The molecule has 1 fully saturated rings. The minimum atomic E-state index is -4.43. The van der Waals surface area contributed by atoms with Gasteiger partial charge in [0.25, 0.3) is 0 Å². The van der Waals surface area contributed by atoms with Crippen molar-refractivity contribution in [3.63, 3.8) is 0 Å². The highest BCUT2D eigenvalue weighted by Gasteiger charge is 2.35. The van der Waals surface area contributed by atoms with Crippen molar-refractivity contribution in [1.29, 1.82) is 0 Å². The minimum absolute atomic E-state index is 0.0906. The van der Waals surface area contributed by atoms with Crippen molar-refractivity contribution in [2.45, 2.75) is 45.0 Å². The molecule has 0 saturated carbocycles. The molecule has 0 spiro atoms. The van der Waals surface area contributed by atoms with E-state index >= 15 is 0 Å². The molecule has 196 valence electrons. The Balaban J connectivity index is 1.74. The quantitative estimate of drug-likeness (QED) is 0.644. The number of likely N-dealkylation sites (N-methyl/N-ethyl adjacent to an activating group) is 1. The Morgan fingerprint density at radius 3 is 2.19 bits per heavy atom. The monoisotopic (exact) mass is 507 g/mol. The summed E-state index contributed by atoms with van der Waals surface area (Å²) in [6, 6.07) is 10.7. The van der Waals surface area contributed by atoms with E-state index in [1.54, 1.807) is 43.9 Å². The van der Waals surface area contributed by atoms with Crippen LogP contribution in [-0.4, -0.2) is 71.8 Å². The van der Waals surface area contributed by atoms with Gasteiger partial charge >= 0.3 is 12.3 Å². The number of anilines is 1. The zero-order valence-electron chi connectivity index (χ0n) is 20.9. The molecule has 1 saturated heterocycles. The molecule has 10 heteroatoms. The van der Waals surface area contributed by atoms with Crippen molar-refractivity contribution in [2.75, 3.05) is 38.1 Å². The highest BCUT2D eigenvalue weighted by Crippen LogP contribution is 2.32. The summed E-state index contributed by atoms with van der Waals surface area (Å²) in [5.74, 6) is -0.187. The molecule has 2 aromatic rings. The standard InChI is InChI=1S/C26H32F3N3O4/c1-25(2,3)36-24(35)30(4)22(16-18-8-10-21(33)11-9-18)23(34)32-14-12-31(13-15-32)20-7-5-6-19(17-20)26(27,28)29/h5-11,17,22,33H,12-16H2,1-4H3/t22-/m0/s1. The number of ether oxygens (including phenoxy) is 1. The molecular formula is C26H32F3N3O4. The van der Waals surface area contributed by atoms with Crippen molar-refractivity contribution in [3.05, 3.63) is 59.7 Å². The number of carbonyl (C=O) groups is 2. The van der Waals surface area contributed by atoms with Crippen LogP contribution in [0.4, 0.5) is 23.7 Å². The topological polar surface area (TPSA) is 73.3 Å². The molecule has 1 atom stereocenters. The zero-order chi connectivity index (χ0) is 26.7. The van der Waals surface area contributed by atoms with Crippen molar-refractivity contribution in [3.8, 4) is 5.75 Å². The second-order valence-corrected chi connectivity index (χ2v) is 9.84. The van der Waals surface area contributed by atoms with Crippen LogP contribution in [0.3, 0.4) is 0 Å². The van der Waals surface area contributed by atoms with Crippen LogP contribution >= 0.6 is 0 Å². The van der Waals surface area contributed by atoms with Gasteiger partial charge in [0.05, 0.1) is 5.56 Å². The number of alkyl halides is 3. The van der Waals surface area contributed by atoms with E-state index in [0.717, 1.165) is 17.7 Å². The number of rotatable bonds is 5. The fourth-order valence-corrected chi connectivity index (χ4v) is 3.98. The lowest BCUT2D eigenvalue weighted by Crippen LogP contribution is -2.56. The molecule has 3 rings (SSSR count). The summed E-state index contributed by atoms with van der Waals surface area (Å²) in [4.78, 5) is 31.1. The summed E-state index contributed by atoms with van der Waals surface area (Å²) in [5, 5.41) is 9.58. The molecule has 0 aliphatic carbocycles. The van der Waals surface area contributed by atoms with E-state index in [1.807, 2.05) is 4.90 Å². The fraction of sp³-hybridized carbons (Fsp3) is 0.462. The van der Waals surface area contributed by atoms with Gasteiger partial charge in [-0.25, -0.2) is 4.79 Å². The van der Waals surface area contributed by atoms with Crippen LogP contribution in [-0.2, 0) is 22.1 Å². The Labute approximate surface area is 209 Å². The first-order valence-corrected chi connectivity index (χ1v) is 11.7. The second kappa shape index (κ2) is 10.7. The number of halogens is 3. The van der Waals surface area contributed by atoms with E-state index in [1.165, 1.54) is 30.1 Å². The van der Waals surface area contributed by atoms with Crippen LogP contribution < -0.4 is 4.90 Å². The molecule has 1 aliphatic heterocycles. The van der Waals surface area contributed by atoms with E-state index in [0.29, 0.717) is 31.9 Å². The average Bonchev–Trinajstić information content (AvgIpc) is 2.81. The average molecular weight is 508 g/mol. The molecule has 36 heavy (non-hydrogen) atoms. The maximum atomic E-state index is 13.6. The Morgan fingerprint density at radius 2 is 1.64 bits per heavy atom. The van der Waals surface area contributed by atoms with E-state index in [9.17, 15) is 27.9 Å². The summed E-state index contributed by atoms with van der Waals surface area (Å²) in [6.45, 7) is 6.52. The van der Waals surface area contributed by atoms with Crippen LogP contribution in [0.15, 0.2) is 48.5 Å². The van der Waals surface area contributed by atoms with Gasteiger partial charge < -0.3 is 19.6 Å². The zero-order valence-corrected chi connectivity index (χ0v) is 20.9. The van der Waals surface area contributed by atoms with E-state index in [4.69, 9.17) is 4.74 Å². The minimum Gasteiger partial charge on any atom is -0.508 e. The number of piperazine rings is 1. The van der Waals surface area contributed by atoms with Crippen LogP contribution in [0.2, 0.25) is 0 Å². The number of hydrogen-bond acceptors (Lipinski definition) is 5. The normalized spacial score (nSPS) is 15.4. The van der Waals surface area contributed by atoms with E-state index in [-0.39, 0.29) is 18.1 Å². The highest BCUT2D eigenvalue weighted by molar-refractivity contribution is 5.86. The molecule has 0 radical (unpaired) electrons. The lowest BCUT2D eigenvalue weighted by molar-refractivity contribution is -0.137. The predicted octanol–water partition coefficient (Wildman–Crippen LogP) is 4.54. The number of benzene rings is 2. The third kappa shape index (κ3) is 7.05. The third-order valence-electron chi connectivity index (χ3n) is 5.93. The van der Waals surface area contributed by atoms with Gasteiger partial charge in [0.1, 0.15) is 17.4 Å². The Bertz CT molecular complexity index is 1060. The smallest absolute Gasteiger partial charge is 0.416 e. The van der Waals surface area contributed by atoms with Gasteiger partial charge in [0.2, 0.25) is 5.91 Å². The van der Waals surface area contributed by atoms with Crippen molar-refractivity contribution in [2.24, 2.45) is 0 Å². The molecule has 1 N–H and O–H groups in total. The number of carbonyl (C=O) groups excluding carboxylic acids is 2. The molecule has 7 nitrogen and oxygen atoms in total. The molecule has 0 aromatic heterocycles. The molecule has 2 amide bonds. The Kier molecular flexibility index (Phi) is 8.05. The summed E-state index contributed by atoms with van der Waals surface area (Å²) in [7, 11) is 1.51. The maximum absolute atomic E-state index is 13.6. The largest absolute Gasteiger partial charge is 0.508 e. The summed E-state index contributed by atoms with van der Waals surface area (Å²) < 4.78 is 44.8. The first-order chi connectivity index (χ1) is 16.7. The first-order valence-electron chi connectivity index (χ1n) is 11.7. The molecular weight excluding hydrogens is 475 g/mol. The Hall–Kier alpha value is -3.43. The fourth-order valence-electron chi connectivity index (χ4n) is 3.98. The number of phenols is 1. The summed E-state index contributed by atoms with van der Waals surface area (Å²) >= 11 is 0. The van der Waals surface area contributed by atoms with Gasteiger partial charge in [-0.1, -0.05) is 18.2 Å². The number of nitrogens with zero attached hydrogens (tertiary/aromatic N) is 3. The number of phenolic OH excluding ortho intramolecular Hbond substituents is 1. The van der Waals surface area contributed by atoms with Crippen molar-refractivity contribution in [1.82, 2.24) is 9.80 Å². The Morgan fingerprint density at radius 1 is 1.03 bits per heavy atom. The van der Waals surface area contributed by atoms with E-state index in [2.05, 4.69) is 0 Å². The van der Waals surface area contributed by atoms with Crippen LogP contribution in [0.1, 0.15) is 31.9 Å². The van der Waals surface area contributed by atoms with Gasteiger partial charge in [0.15, 0.2) is 0 Å². The second-order valence-electron chi connectivity index (χ2n) is 9.84. The predicted molar refractivity (Wildman–Crippen MR) is 130 cm³/mol. The third-order valence-corrected chi connectivity index (χ3v) is 5.93. The van der Waals surface area contributed by atoms with Crippen LogP contribution in [0.5, 0.6) is 5.75 Å². The molecule has 1 aliphatic rings. The van der Waals surface area contributed by atoms with Crippen molar-refractivity contribution >= 4 is 17.7 Å². The number of amides is 2. The van der Waals surface area contributed by atoms with Crippen molar-refractivity contribution < 1.29 is 32.6 Å². The SMILES string of the molecule is CN(C(=O)OC(C)(C)C)[C@@H](Cc1ccc(O)cc1)C(=O)N1CCN(c2cccc(C(F)(F)F)c2)CC1. The van der Waals surface area contributed by atoms with Gasteiger partial charge in [-0.3, -0.25) is 9.69 Å². The van der Waals surface area contributed by atoms with Gasteiger partial charge in [0, 0.05) is 45.3 Å². The van der Waals surface area contributed by atoms with E-state index < -0.39 is 29.5 Å². The van der Waals surface area contributed by atoms with Gasteiger partial charge in [-0.05, 0) is 56.7 Å². The lowest BCUT2D eigenvalue weighted by atomic mass is 10.0. The van der Waals surface area contributed by atoms with Crippen LogP contribution in [0.25, 0.3) is 0 Å². The highest BCUT2D eigenvalue weighted by atomic mass is 19.4. The lowest BCUT2D eigenvalue weighted by Gasteiger charge is -2.39. The molecule has 1 heterocycles. The molecule has 0 unspecified atom stereocenters. The van der Waals surface area contributed by atoms with Gasteiger partial charge in [-0.2, -0.15) is 13.2 Å². The summed E-state index contributed by atoms with van der Waals surface area (Å²) in [6.07, 6.45) is -4.85. The van der Waals surface area contributed by atoms with Crippen LogP contribution in [0, 0.1) is 0 Å². The molecule has 0 bridgehead atoms. The summed E-state index contributed by atoms with van der Waals surface area (Å²) in [5.41, 5.74) is -0.257. The van der Waals surface area contributed by atoms with Gasteiger partial charge in [-0.15, -0.1) is 0 Å². The maximum Gasteiger partial charge on any atom is 0.416 e. The molecule has 2 aromatic carbocycles. The number of aromatic hydroxyl groups is 1.